The van der Waals surface area contributed by atoms with E-state index in [1.54, 1.807) is 0 Å². The Morgan fingerprint density at radius 1 is 1.02 bits per heavy atom. The third kappa shape index (κ3) is 9.27. The summed E-state index contributed by atoms with van der Waals surface area (Å²) in [6.45, 7) is -0.694. The molecule has 0 heterocycles. The number of anilines is 1. The lowest BCUT2D eigenvalue weighted by atomic mass is 9.94. The summed E-state index contributed by atoms with van der Waals surface area (Å²) in [6, 6.07) is 19.1. The van der Waals surface area contributed by atoms with Crippen molar-refractivity contribution in [3.63, 3.8) is 0 Å². The molecule has 13 heteroatoms. The number of nitro groups is 1. The van der Waals surface area contributed by atoms with Crippen molar-refractivity contribution in [3.05, 3.63) is 98.5 Å². The van der Waals surface area contributed by atoms with Gasteiger partial charge in [0.2, 0.25) is 21.8 Å². The molecule has 4 rings (SSSR count). The van der Waals surface area contributed by atoms with Gasteiger partial charge in [-0.05, 0) is 42.2 Å². The van der Waals surface area contributed by atoms with Crippen LogP contribution >= 0.6 is 15.9 Å². The number of hydrogen-bond acceptors (Lipinski definition) is 7. The number of methoxy groups -OCH3 is 1. The average molecular weight is 702 g/mol. The van der Waals surface area contributed by atoms with Gasteiger partial charge in [0.05, 0.1) is 18.3 Å². The van der Waals surface area contributed by atoms with Crippen molar-refractivity contribution < 1.29 is 27.7 Å². The molecule has 0 bridgehead atoms. The van der Waals surface area contributed by atoms with Crippen molar-refractivity contribution in [2.45, 2.75) is 57.2 Å². The summed E-state index contributed by atoms with van der Waals surface area (Å²) in [5.41, 5.74) is 1.04. The molecule has 0 aromatic heterocycles. The summed E-state index contributed by atoms with van der Waals surface area (Å²) in [5, 5.41) is 14.7. The number of carbonyl (C=O) groups is 2. The molecule has 1 atom stereocenters. The van der Waals surface area contributed by atoms with Gasteiger partial charge in [-0.15, -0.1) is 0 Å². The Morgan fingerprint density at radius 2 is 1.69 bits per heavy atom. The molecule has 0 spiro atoms. The third-order valence-corrected chi connectivity index (χ3v) is 9.47. The number of amides is 2. The van der Waals surface area contributed by atoms with Gasteiger partial charge in [-0.25, -0.2) is 8.42 Å². The van der Waals surface area contributed by atoms with E-state index in [4.69, 9.17) is 4.74 Å². The molecule has 0 saturated heterocycles. The predicted octanol–water partition coefficient (Wildman–Crippen LogP) is 5.22. The minimum absolute atomic E-state index is 0.0178. The monoisotopic (exact) mass is 700 g/mol. The molecule has 1 aliphatic rings. The predicted molar refractivity (Wildman–Crippen MR) is 175 cm³/mol. The van der Waals surface area contributed by atoms with Crippen molar-refractivity contribution in [2.75, 3.05) is 24.2 Å². The van der Waals surface area contributed by atoms with Gasteiger partial charge in [0.1, 0.15) is 24.0 Å². The van der Waals surface area contributed by atoms with Crippen LogP contribution in [0.3, 0.4) is 0 Å². The number of hydrogen-bond donors (Lipinski definition) is 1. The van der Waals surface area contributed by atoms with Crippen molar-refractivity contribution >= 4 is 49.1 Å². The molecule has 3 aromatic rings. The first-order chi connectivity index (χ1) is 21.5. The SMILES string of the molecule is COc1ccc([N+](=O)[O-])cc1N(CC(=O)N(Cc1ccc(Br)cc1)[C@@H](Cc1ccccc1)C(=O)NC1CCCCC1)S(C)(=O)=O. The second kappa shape index (κ2) is 15.3. The van der Waals surface area contributed by atoms with E-state index in [0.717, 1.165) is 64.3 Å². The fourth-order valence-corrected chi connectivity index (χ4v) is 6.58. The van der Waals surface area contributed by atoms with E-state index >= 15 is 0 Å². The smallest absolute Gasteiger partial charge is 0.271 e. The van der Waals surface area contributed by atoms with E-state index in [0.29, 0.717) is 0 Å². The first-order valence-electron chi connectivity index (χ1n) is 14.6. The molecule has 2 amide bonds. The van der Waals surface area contributed by atoms with Gasteiger partial charge in [0.15, 0.2) is 0 Å². The van der Waals surface area contributed by atoms with Crippen LogP contribution in [0.2, 0.25) is 0 Å². The number of nitro benzene ring substituents is 1. The minimum Gasteiger partial charge on any atom is -0.495 e. The average Bonchev–Trinajstić information content (AvgIpc) is 3.02. The number of rotatable bonds is 13. The number of ether oxygens (including phenoxy) is 1. The topological polar surface area (TPSA) is 139 Å². The first kappa shape index (κ1) is 33.9. The third-order valence-electron chi connectivity index (χ3n) is 7.81. The van der Waals surface area contributed by atoms with Gasteiger partial charge < -0.3 is 15.0 Å². The number of nitrogens with zero attached hydrogens (tertiary/aromatic N) is 3. The van der Waals surface area contributed by atoms with Gasteiger partial charge >= 0.3 is 0 Å². The van der Waals surface area contributed by atoms with E-state index in [9.17, 15) is 28.1 Å². The lowest BCUT2D eigenvalue weighted by Gasteiger charge is -2.35. The maximum absolute atomic E-state index is 14.3. The largest absolute Gasteiger partial charge is 0.495 e. The highest BCUT2D eigenvalue weighted by atomic mass is 79.9. The van der Waals surface area contributed by atoms with Crippen molar-refractivity contribution in [1.29, 1.82) is 0 Å². The van der Waals surface area contributed by atoms with E-state index in [2.05, 4.69) is 21.2 Å². The number of nitrogens with one attached hydrogen (secondary N) is 1. The number of benzene rings is 3. The Labute approximate surface area is 271 Å². The number of non-ortho nitro benzene ring substituents is 1. The second-order valence-corrected chi connectivity index (χ2v) is 13.9. The Kier molecular flexibility index (Phi) is 11.6. The highest BCUT2D eigenvalue weighted by Crippen LogP contribution is 2.34. The maximum Gasteiger partial charge on any atom is 0.271 e. The Balaban J connectivity index is 1.77. The molecule has 1 saturated carbocycles. The Morgan fingerprint density at radius 3 is 2.29 bits per heavy atom. The molecule has 240 valence electrons. The maximum atomic E-state index is 14.3. The molecule has 0 radical (unpaired) electrons. The molecule has 3 aromatic carbocycles. The van der Waals surface area contributed by atoms with Gasteiger partial charge in [-0.2, -0.15) is 0 Å². The zero-order valence-electron chi connectivity index (χ0n) is 25.2. The molecule has 11 nitrogen and oxygen atoms in total. The summed E-state index contributed by atoms with van der Waals surface area (Å²) in [7, 11) is -2.85. The summed E-state index contributed by atoms with van der Waals surface area (Å²) in [5.74, 6) is -0.944. The van der Waals surface area contributed by atoms with Crippen LogP contribution in [0, 0.1) is 10.1 Å². The van der Waals surface area contributed by atoms with Gasteiger partial charge in [-0.3, -0.25) is 24.0 Å². The molecule has 45 heavy (non-hydrogen) atoms. The quantitative estimate of drug-likeness (QED) is 0.191. The first-order valence-corrected chi connectivity index (χ1v) is 17.3. The van der Waals surface area contributed by atoms with Crippen LogP contribution in [0.25, 0.3) is 0 Å². The molecular formula is C32H37BrN4O7S. The minimum atomic E-state index is -4.15. The van der Waals surface area contributed by atoms with E-state index in [1.807, 2.05) is 54.6 Å². The standard InChI is InChI=1S/C32H37BrN4O7S/c1-44-30-18-17-27(37(40)41)20-28(30)36(45(2,42)43)22-31(38)35(21-24-13-15-25(33)16-14-24)29(19-23-9-5-3-6-10-23)32(39)34-26-11-7-4-8-12-26/h3,5-6,9-10,13-18,20,26,29H,4,7-8,11-12,19,21-22H2,1-2H3,(H,34,39)/t29-/m0/s1. The van der Waals surface area contributed by atoms with Crippen LogP contribution in [0.4, 0.5) is 11.4 Å². The summed E-state index contributed by atoms with van der Waals surface area (Å²) >= 11 is 3.42. The van der Waals surface area contributed by atoms with E-state index in [1.165, 1.54) is 24.1 Å². The van der Waals surface area contributed by atoms with Gasteiger partial charge in [0, 0.05) is 35.6 Å². The number of carbonyl (C=O) groups excluding carboxylic acids is 2. The Hall–Kier alpha value is -3.97. The van der Waals surface area contributed by atoms with Gasteiger partial charge in [0.25, 0.3) is 5.69 Å². The molecule has 1 fully saturated rings. The van der Waals surface area contributed by atoms with E-state index < -0.39 is 33.4 Å². The van der Waals surface area contributed by atoms with Crippen LogP contribution in [0.1, 0.15) is 43.2 Å². The molecule has 0 unspecified atom stereocenters. The van der Waals surface area contributed by atoms with Crippen molar-refractivity contribution in [2.24, 2.45) is 0 Å². The molecule has 0 aliphatic heterocycles. The lowest BCUT2D eigenvalue weighted by Crippen LogP contribution is -2.55. The van der Waals surface area contributed by atoms with Crippen LogP contribution < -0.4 is 14.4 Å². The fraction of sp³-hybridized carbons (Fsp3) is 0.375. The van der Waals surface area contributed by atoms with Crippen molar-refractivity contribution in [1.82, 2.24) is 10.2 Å². The van der Waals surface area contributed by atoms with Crippen LogP contribution in [0.15, 0.2) is 77.3 Å². The highest BCUT2D eigenvalue weighted by molar-refractivity contribution is 9.10. The van der Waals surface area contributed by atoms with Crippen molar-refractivity contribution in [3.8, 4) is 5.75 Å². The number of halogens is 1. The number of sulfonamides is 1. The van der Waals surface area contributed by atoms with E-state index in [-0.39, 0.29) is 42.0 Å². The highest BCUT2D eigenvalue weighted by Gasteiger charge is 2.35. The van der Waals surface area contributed by atoms with Crippen LogP contribution in [-0.2, 0) is 32.6 Å². The normalized spacial score (nSPS) is 14.3. The van der Waals surface area contributed by atoms with Crippen LogP contribution in [-0.4, -0.2) is 62.0 Å². The fourth-order valence-electron chi connectivity index (χ4n) is 5.47. The molecular weight excluding hydrogens is 664 g/mol. The zero-order valence-corrected chi connectivity index (χ0v) is 27.6. The molecule has 1 N–H and O–H groups in total. The summed E-state index contributed by atoms with van der Waals surface area (Å²) < 4.78 is 33.2. The van der Waals surface area contributed by atoms with Crippen LogP contribution in [0.5, 0.6) is 5.75 Å². The Bertz CT molecular complexity index is 1600. The van der Waals surface area contributed by atoms with Gasteiger partial charge in [-0.1, -0.05) is 77.7 Å². The molecule has 1 aliphatic carbocycles. The second-order valence-electron chi connectivity index (χ2n) is 11.1. The summed E-state index contributed by atoms with van der Waals surface area (Å²) in [4.78, 5) is 40.7. The summed E-state index contributed by atoms with van der Waals surface area (Å²) in [6.07, 6.45) is 5.91. The lowest BCUT2D eigenvalue weighted by molar-refractivity contribution is -0.384. The zero-order chi connectivity index (χ0) is 32.6.